The zero-order valence-corrected chi connectivity index (χ0v) is 14.8. The molecule has 0 amide bonds. The average Bonchev–Trinajstić information content (AvgIpc) is 2.96. The molecule has 24 heavy (non-hydrogen) atoms. The fraction of sp³-hybridized carbons (Fsp3) is 0.353. The van der Waals surface area contributed by atoms with Crippen LogP contribution in [0.5, 0.6) is 0 Å². The number of hydrogen-bond acceptors (Lipinski definition) is 5. The number of ether oxygens (including phenoxy) is 1. The molecule has 0 radical (unpaired) electrons. The lowest BCUT2D eigenvalue weighted by Gasteiger charge is -2.18. The first kappa shape index (κ1) is 16.7. The number of thioether (sulfide) groups is 1. The lowest BCUT2D eigenvalue weighted by molar-refractivity contribution is 0.00693. The molecule has 0 saturated carbocycles. The number of nitrogens with one attached hydrogen (secondary N) is 1. The van der Waals surface area contributed by atoms with Crippen LogP contribution < -0.4 is 5.56 Å². The third-order valence-corrected chi connectivity index (χ3v) is 4.11. The molecule has 0 bridgehead atoms. The topological polar surface area (TPSA) is 72.8 Å². The molecule has 0 aliphatic carbocycles. The number of fused-ring (bicyclic) bond motifs is 1. The van der Waals surface area contributed by atoms with Gasteiger partial charge in [-0.2, -0.15) is 5.10 Å². The average molecular weight is 344 g/mol. The molecular weight excluding hydrogens is 324 g/mol. The summed E-state index contributed by atoms with van der Waals surface area (Å²) in [6.45, 7) is 6.64. The normalized spacial score (nSPS) is 12.0. The molecule has 7 heteroatoms. The molecule has 0 unspecified atom stereocenters. The van der Waals surface area contributed by atoms with Crippen molar-refractivity contribution >= 4 is 22.8 Å². The van der Waals surface area contributed by atoms with Crippen LogP contribution in [0.25, 0.3) is 16.7 Å². The fourth-order valence-corrected chi connectivity index (χ4v) is 2.89. The van der Waals surface area contributed by atoms with Crippen molar-refractivity contribution in [3.63, 3.8) is 0 Å². The molecular formula is C17H20N4O2S. The first-order valence-corrected chi connectivity index (χ1v) is 8.73. The molecule has 0 spiro atoms. The lowest BCUT2D eigenvalue weighted by Crippen LogP contribution is -2.20. The SMILES string of the molecule is CC(C)(C)OCCSc1nc2c(cnn2-c2ccccc2)c(=O)[nH]1. The van der Waals surface area contributed by atoms with Gasteiger partial charge in [-0.15, -0.1) is 0 Å². The van der Waals surface area contributed by atoms with Crippen LogP contribution in [0.2, 0.25) is 0 Å². The molecule has 3 aromatic rings. The number of H-pyrrole nitrogens is 1. The Morgan fingerprint density at radius 1 is 1.25 bits per heavy atom. The zero-order chi connectivity index (χ0) is 17.2. The highest BCUT2D eigenvalue weighted by molar-refractivity contribution is 7.99. The molecule has 2 aromatic heterocycles. The van der Waals surface area contributed by atoms with Crippen molar-refractivity contribution in [1.82, 2.24) is 19.7 Å². The van der Waals surface area contributed by atoms with Crippen LogP contribution in [0.3, 0.4) is 0 Å². The highest BCUT2D eigenvalue weighted by Gasteiger charge is 2.13. The van der Waals surface area contributed by atoms with Crippen molar-refractivity contribution in [3.8, 4) is 5.69 Å². The molecule has 0 aliphatic heterocycles. The predicted molar refractivity (Wildman–Crippen MR) is 95.9 cm³/mol. The van der Waals surface area contributed by atoms with E-state index in [-0.39, 0.29) is 11.2 Å². The predicted octanol–water partition coefficient (Wildman–Crippen LogP) is 3.02. The van der Waals surface area contributed by atoms with Crippen LogP contribution >= 0.6 is 11.8 Å². The Morgan fingerprint density at radius 2 is 2.00 bits per heavy atom. The Morgan fingerprint density at radius 3 is 2.71 bits per heavy atom. The first-order valence-electron chi connectivity index (χ1n) is 7.74. The molecule has 0 aliphatic rings. The summed E-state index contributed by atoms with van der Waals surface area (Å²) in [5.74, 6) is 0.713. The second-order valence-corrected chi connectivity index (χ2v) is 7.39. The second kappa shape index (κ2) is 6.78. The number of hydrogen-bond donors (Lipinski definition) is 1. The Labute approximate surface area is 144 Å². The van der Waals surface area contributed by atoms with Crippen LogP contribution in [0.15, 0.2) is 46.5 Å². The van der Waals surface area contributed by atoms with Gasteiger partial charge < -0.3 is 9.72 Å². The molecule has 0 fully saturated rings. The van der Waals surface area contributed by atoms with E-state index in [0.717, 1.165) is 5.69 Å². The van der Waals surface area contributed by atoms with Crippen LogP contribution in [0.1, 0.15) is 20.8 Å². The molecule has 3 rings (SSSR count). The van der Waals surface area contributed by atoms with Gasteiger partial charge in [-0.1, -0.05) is 30.0 Å². The summed E-state index contributed by atoms with van der Waals surface area (Å²) in [6, 6.07) is 9.65. The maximum Gasteiger partial charge on any atom is 0.262 e. The van der Waals surface area contributed by atoms with Gasteiger partial charge in [0.2, 0.25) is 0 Å². The first-order chi connectivity index (χ1) is 11.4. The van der Waals surface area contributed by atoms with Gasteiger partial charge in [-0.25, -0.2) is 9.67 Å². The van der Waals surface area contributed by atoms with Crippen molar-refractivity contribution in [2.24, 2.45) is 0 Å². The Kier molecular flexibility index (Phi) is 4.73. The van der Waals surface area contributed by atoms with E-state index in [1.807, 2.05) is 51.1 Å². The van der Waals surface area contributed by atoms with Crippen LogP contribution in [0, 0.1) is 0 Å². The minimum atomic E-state index is -0.179. The van der Waals surface area contributed by atoms with Gasteiger partial charge in [0, 0.05) is 5.75 Å². The summed E-state index contributed by atoms with van der Waals surface area (Å²) in [6.07, 6.45) is 1.55. The van der Waals surface area contributed by atoms with E-state index in [9.17, 15) is 4.79 Å². The number of para-hydroxylation sites is 1. The van der Waals surface area contributed by atoms with E-state index in [1.165, 1.54) is 11.8 Å². The van der Waals surface area contributed by atoms with Crippen molar-refractivity contribution in [3.05, 3.63) is 46.9 Å². The van der Waals surface area contributed by atoms with Crippen LogP contribution in [0.4, 0.5) is 0 Å². The van der Waals surface area contributed by atoms with Gasteiger partial charge in [0.1, 0.15) is 5.39 Å². The van der Waals surface area contributed by atoms with Gasteiger partial charge >= 0.3 is 0 Å². The Bertz CT molecular complexity index is 881. The summed E-state index contributed by atoms with van der Waals surface area (Å²) in [7, 11) is 0. The zero-order valence-electron chi connectivity index (χ0n) is 13.9. The van der Waals surface area contributed by atoms with Gasteiger partial charge in [0.15, 0.2) is 10.8 Å². The van der Waals surface area contributed by atoms with Gasteiger partial charge in [-0.3, -0.25) is 4.79 Å². The molecule has 0 saturated heterocycles. The third kappa shape index (κ3) is 3.85. The smallest absolute Gasteiger partial charge is 0.262 e. The monoisotopic (exact) mass is 344 g/mol. The van der Waals surface area contributed by atoms with Crippen LogP contribution in [-0.2, 0) is 4.74 Å². The minimum absolute atomic E-state index is 0.169. The number of rotatable bonds is 5. The number of nitrogens with zero attached hydrogens (tertiary/aromatic N) is 3. The van der Waals surface area contributed by atoms with Gasteiger partial charge in [-0.05, 0) is 32.9 Å². The van der Waals surface area contributed by atoms with E-state index in [4.69, 9.17) is 4.74 Å². The summed E-state index contributed by atoms with van der Waals surface area (Å²) in [4.78, 5) is 19.6. The van der Waals surface area contributed by atoms with Crippen molar-refractivity contribution in [2.75, 3.05) is 12.4 Å². The van der Waals surface area contributed by atoms with E-state index >= 15 is 0 Å². The number of benzene rings is 1. The van der Waals surface area contributed by atoms with Gasteiger partial charge in [0.05, 0.1) is 24.1 Å². The third-order valence-electron chi connectivity index (χ3n) is 3.27. The second-order valence-electron chi connectivity index (χ2n) is 6.31. The standard InChI is InChI=1S/C17H20N4O2S/c1-17(2,3)23-9-10-24-16-19-14-13(15(22)20-16)11-18-21(14)12-7-5-4-6-8-12/h4-8,11H,9-10H2,1-3H3,(H,19,20,22). The number of aromatic nitrogens is 4. The summed E-state index contributed by atoms with van der Waals surface area (Å²) in [5.41, 5.74) is 1.08. The van der Waals surface area contributed by atoms with Gasteiger partial charge in [0.25, 0.3) is 5.56 Å². The number of aromatic amines is 1. The fourth-order valence-electron chi connectivity index (χ4n) is 2.21. The maximum atomic E-state index is 12.2. The van der Waals surface area contributed by atoms with Crippen molar-refractivity contribution < 1.29 is 4.74 Å². The molecule has 0 atom stereocenters. The Balaban J connectivity index is 1.85. The van der Waals surface area contributed by atoms with E-state index in [2.05, 4.69) is 15.1 Å². The quantitative estimate of drug-likeness (QED) is 0.437. The highest BCUT2D eigenvalue weighted by Crippen LogP contribution is 2.18. The van der Waals surface area contributed by atoms with Crippen LogP contribution in [-0.4, -0.2) is 37.7 Å². The highest BCUT2D eigenvalue weighted by atomic mass is 32.2. The van der Waals surface area contributed by atoms with E-state index in [0.29, 0.717) is 28.5 Å². The minimum Gasteiger partial charge on any atom is -0.375 e. The summed E-state index contributed by atoms with van der Waals surface area (Å²) in [5, 5.41) is 5.35. The summed E-state index contributed by atoms with van der Waals surface area (Å²) >= 11 is 1.46. The van der Waals surface area contributed by atoms with Crippen molar-refractivity contribution in [2.45, 2.75) is 31.5 Å². The molecule has 6 nitrogen and oxygen atoms in total. The maximum absolute atomic E-state index is 12.2. The largest absolute Gasteiger partial charge is 0.375 e. The van der Waals surface area contributed by atoms with Crippen molar-refractivity contribution in [1.29, 1.82) is 0 Å². The molecule has 126 valence electrons. The molecule has 1 N–H and O–H groups in total. The van der Waals surface area contributed by atoms with E-state index in [1.54, 1.807) is 10.9 Å². The molecule has 1 aromatic carbocycles. The lowest BCUT2D eigenvalue weighted by atomic mass is 10.2. The summed E-state index contributed by atoms with van der Waals surface area (Å²) < 4.78 is 7.37. The molecule has 2 heterocycles. The van der Waals surface area contributed by atoms with E-state index < -0.39 is 0 Å². The Hall–Kier alpha value is -2.12.